The van der Waals surface area contributed by atoms with Gasteiger partial charge in [-0.3, -0.25) is 9.59 Å². The van der Waals surface area contributed by atoms with Crippen molar-refractivity contribution in [3.63, 3.8) is 0 Å². The summed E-state index contributed by atoms with van der Waals surface area (Å²) in [6.07, 6.45) is -4.42. The first-order valence-electron chi connectivity index (χ1n) is 5.52. The SMILES string of the molecule is O=C(O)CCc1ccccc1NC(=O)C(F)(F)C(F)F. The molecule has 1 rings (SSSR count). The standard InChI is InChI=1S/C12H11F4NO3/c13-10(14)12(15,16)11(20)17-8-4-2-1-3-7(8)5-6-9(18)19/h1-4,10H,5-6H2,(H,17,20)(H,18,19). The van der Waals surface area contributed by atoms with Gasteiger partial charge in [-0.25, -0.2) is 8.78 Å². The molecule has 8 heteroatoms. The van der Waals surface area contributed by atoms with Gasteiger partial charge in [0.2, 0.25) is 0 Å². The monoisotopic (exact) mass is 293 g/mol. The van der Waals surface area contributed by atoms with Crippen LogP contribution in [0.1, 0.15) is 12.0 Å². The molecule has 1 aromatic rings. The molecule has 0 atom stereocenters. The summed E-state index contributed by atoms with van der Waals surface area (Å²) in [5.41, 5.74) is 0.160. The molecule has 0 aliphatic heterocycles. The van der Waals surface area contributed by atoms with Crippen LogP contribution in [-0.2, 0) is 16.0 Å². The van der Waals surface area contributed by atoms with Gasteiger partial charge in [-0.2, -0.15) is 8.78 Å². The molecule has 0 fully saturated rings. The highest BCUT2D eigenvalue weighted by atomic mass is 19.3. The minimum absolute atomic E-state index is 0.0218. The number of hydrogen-bond donors (Lipinski definition) is 2. The van der Waals surface area contributed by atoms with Crippen LogP contribution in [0.3, 0.4) is 0 Å². The number of alkyl halides is 4. The Morgan fingerprint density at radius 3 is 2.40 bits per heavy atom. The fourth-order valence-corrected chi connectivity index (χ4v) is 1.41. The lowest BCUT2D eigenvalue weighted by atomic mass is 10.1. The lowest BCUT2D eigenvalue weighted by Crippen LogP contribution is -2.41. The van der Waals surface area contributed by atoms with Gasteiger partial charge in [0.1, 0.15) is 0 Å². The smallest absolute Gasteiger partial charge is 0.383 e. The lowest BCUT2D eigenvalue weighted by Gasteiger charge is -2.16. The molecule has 0 bridgehead atoms. The Kier molecular flexibility index (Phi) is 5.06. The third-order valence-corrected chi connectivity index (χ3v) is 2.45. The molecule has 0 radical (unpaired) electrons. The summed E-state index contributed by atoms with van der Waals surface area (Å²) in [4.78, 5) is 21.6. The third kappa shape index (κ3) is 3.94. The number of carbonyl (C=O) groups is 2. The van der Waals surface area contributed by atoms with Crippen molar-refractivity contribution in [1.82, 2.24) is 0 Å². The van der Waals surface area contributed by atoms with Crippen molar-refractivity contribution in [2.24, 2.45) is 0 Å². The van der Waals surface area contributed by atoms with Gasteiger partial charge in [-0.15, -0.1) is 0 Å². The number of rotatable bonds is 6. The van der Waals surface area contributed by atoms with Crippen molar-refractivity contribution >= 4 is 17.6 Å². The van der Waals surface area contributed by atoms with E-state index in [-0.39, 0.29) is 24.1 Å². The zero-order valence-electron chi connectivity index (χ0n) is 10.1. The van der Waals surface area contributed by atoms with E-state index in [4.69, 9.17) is 5.11 Å². The first-order valence-corrected chi connectivity index (χ1v) is 5.52. The van der Waals surface area contributed by atoms with E-state index in [0.717, 1.165) is 0 Å². The Morgan fingerprint density at radius 2 is 1.85 bits per heavy atom. The second-order valence-electron chi connectivity index (χ2n) is 3.93. The van der Waals surface area contributed by atoms with Crippen LogP contribution in [0.2, 0.25) is 0 Å². The summed E-state index contributed by atoms with van der Waals surface area (Å²) in [5.74, 6) is -8.04. The number of anilines is 1. The van der Waals surface area contributed by atoms with Crippen molar-refractivity contribution in [2.75, 3.05) is 5.32 Å². The van der Waals surface area contributed by atoms with Gasteiger partial charge >= 0.3 is 24.2 Å². The second-order valence-corrected chi connectivity index (χ2v) is 3.93. The van der Waals surface area contributed by atoms with Crippen LogP contribution in [0.5, 0.6) is 0 Å². The highest BCUT2D eigenvalue weighted by Crippen LogP contribution is 2.26. The van der Waals surface area contributed by atoms with E-state index in [1.165, 1.54) is 24.3 Å². The average Bonchev–Trinajstić information content (AvgIpc) is 2.37. The zero-order valence-corrected chi connectivity index (χ0v) is 10.1. The number of halogens is 4. The largest absolute Gasteiger partial charge is 0.481 e. The summed E-state index contributed by atoms with van der Waals surface area (Å²) >= 11 is 0. The van der Waals surface area contributed by atoms with E-state index < -0.39 is 24.2 Å². The average molecular weight is 293 g/mol. The van der Waals surface area contributed by atoms with Crippen LogP contribution in [0.15, 0.2) is 24.3 Å². The first kappa shape index (κ1) is 15.9. The summed E-state index contributed by atoms with van der Waals surface area (Å²) in [6.45, 7) is 0. The molecule has 110 valence electrons. The number of carbonyl (C=O) groups excluding carboxylic acids is 1. The molecule has 0 spiro atoms. The number of aryl methyl sites for hydroxylation is 1. The predicted octanol–water partition coefficient (Wildman–Crippen LogP) is 2.54. The van der Waals surface area contributed by atoms with E-state index >= 15 is 0 Å². The van der Waals surface area contributed by atoms with Gasteiger partial charge < -0.3 is 10.4 Å². The number of hydrogen-bond acceptors (Lipinski definition) is 2. The van der Waals surface area contributed by atoms with Crippen LogP contribution in [0.25, 0.3) is 0 Å². The summed E-state index contributed by atoms with van der Waals surface area (Å²) in [6, 6.07) is 5.56. The maximum atomic E-state index is 12.8. The van der Waals surface area contributed by atoms with Gasteiger partial charge in [0, 0.05) is 12.1 Å². The van der Waals surface area contributed by atoms with E-state index in [0.29, 0.717) is 0 Å². The molecule has 0 aliphatic carbocycles. The number of carboxylic acids is 1. The molecule has 4 nitrogen and oxygen atoms in total. The van der Waals surface area contributed by atoms with Gasteiger partial charge in [0.25, 0.3) is 0 Å². The molecular weight excluding hydrogens is 282 g/mol. The van der Waals surface area contributed by atoms with Crippen LogP contribution in [0, 0.1) is 0 Å². The van der Waals surface area contributed by atoms with E-state index in [1.807, 2.05) is 0 Å². The molecule has 2 N–H and O–H groups in total. The maximum Gasteiger partial charge on any atom is 0.383 e. The maximum absolute atomic E-state index is 12.8. The third-order valence-electron chi connectivity index (χ3n) is 2.45. The molecule has 0 heterocycles. The molecule has 20 heavy (non-hydrogen) atoms. The number of carboxylic acid groups (broad SMARTS) is 1. The fourth-order valence-electron chi connectivity index (χ4n) is 1.41. The molecule has 0 saturated heterocycles. The van der Waals surface area contributed by atoms with Crippen molar-refractivity contribution in [3.05, 3.63) is 29.8 Å². The highest BCUT2D eigenvalue weighted by molar-refractivity contribution is 5.97. The van der Waals surface area contributed by atoms with Crippen LogP contribution < -0.4 is 5.32 Å². The molecule has 0 saturated carbocycles. The van der Waals surface area contributed by atoms with Crippen LogP contribution in [0.4, 0.5) is 23.2 Å². The highest BCUT2D eigenvalue weighted by Gasteiger charge is 2.49. The molecular formula is C12H11F4NO3. The Labute approximate surface area is 111 Å². The van der Waals surface area contributed by atoms with Gasteiger partial charge in [-0.1, -0.05) is 18.2 Å². The lowest BCUT2D eigenvalue weighted by molar-refractivity contribution is -0.163. The van der Waals surface area contributed by atoms with Gasteiger partial charge in [0.15, 0.2) is 0 Å². The minimum atomic E-state index is -4.81. The van der Waals surface area contributed by atoms with Crippen molar-refractivity contribution < 1.29 is 32.3 Å². The van der Waals surface area contributed by atoms with E-state index in [9.17, 15) is 27.2 Å². The topological polar surface area (TPSA) is 66.4 Å². The normalized spacial score (nSPS) is 11.4. The van der Waals surface area contributed by atoms with Crippen molar-refractivity contribution in [2.45, 2.75) is 25.2 Å². The first-order chi connectivity index (χ1) is 9.25. The summed E-state index contributed by atoms with van der Waals surface area (Å²) in [5, 5.41) is 10.2. The zero-order chi connectivity index (χ0) is 15.3. The summed E-state index contributed by atoms with van der Waals surface area (Å²) in [7, 11) is 0. The molecule has 1 aromatic carbocycles. The van der Waals surface area contributed by atoms with Gasteiger partial charge in [0.05, 0.1) is 0 Å². The minimum Gasteiger partial charge on any atom is -0.481 e. The van der Waals surface area contributed by atoms with E-state index in [1.54, 1.807) is 5.32 Å². The second kappa shape index (κ2) is 6.36. The van der Waals surface area contributed by atoms with E-state index in [2.05, 4.69) is 0 Å². The number of benzene rings is 1. The Bertz CT molecular complexity index is 505. The molecule has 0 aliphatic rings. The fraction of sp³-hybridized carbons (Fsp3) is 0.333. The summed E-state index contributed by atoms with van der Waals surface area (Å²) < 4.78 is 49.7. The molecule has 0 unspecified atom stereocenters. The molecule has 1 amide bonds. The number of nitrogens with one attached hydrogen (secondary N) is 1. The van der Waals surface area contributed by atoms with Crippen molar-refractivity contribution in [1.29, 1.82) is 0 Å². The van der Waals surface area contributed by atoms with Crippen molar-refractivity contribution in [3.8, 4) is 0 Å². The Balaban J connectivity index is 2.87. The number of para-hydroxylation sites is 1. The Hall–Kier alpha value is -2.12. The van der Waals surface area contributed by atoms with Crippen LogP contribution >= 0.6 is 0 Å². The van der Waals surface area contributed by atoms with Gasteiger partial charge in [-0.05, 0) is 18.1 Å². The quantitative estimate of drug-likeness (QED) is 0.792. The number of aliphatic carboxylic acids is 1. The predicted molar refractivity (Wildman–Crippen MR) is 62.0 cm³/mol. The van der Waals surface area contributed by atoms with Crippen LogP contribution in [-0.4, -0.2) is 29.3 Å². The molecule has 0 aromatic heterocycles. The Morgan fingerprint density at radius 1 is 1.25 bits per heavy atom. The number of amides is 1.